The summed E-state index contributed by atoms with van der Waals surface area (Å²) in [5.74, 6) is 5.90. The van der Waals surface area contributed by atoms with Crippen molar-refractivity contribution in [2.75, 3.05) is 0 Å². The summed E-state index contributed by atoms with van der Waals surface area (Å²) in [6.07, 6.45) is -0.841. The van der Waals surface area contributed by atoms with Crippen LogP contribution in [0.5, 0.6) is 0 Å². The summed E-state index contributed by atoms with van der Waals surface area (Å²) in [5, 5.41) is -0.202. The number of pyridine rings is 2. The van der Waals surface area contributed by atoms with Crippen molar-refractivity contribution in [3.8, 4) is 11.8 Å². The number of alkyl halides is 3. The van der Waals surface area contributed by atoms with Gasteiger partial charge in [0.25, 0.3) is 0 Å². The summed E-state index contributed by atoms with van der Waals surface area (Å²) in [6.45, 7) is 0. The SMILES string of the molecule is O=C(Sc1ccc(C(F)(F)F)cn1)c1cncc(C#Cc2ccccc2)c1. The topological polar surface area (TPSA) is 42.9 Å². The fourth-order valence-corrected chi connectivity index (χ4v) is 2.71. The smallest absolute Gasteiger partial charge is 0.281 e. The van der Waals surface area contributed by atoms with Gasteiger partial charge in [-0.25, -0.2) is 4.98 Å². The van der Waals surface area contributed by atoms with E-state index in [0.29, 0.717) is 17.3 Å². The highest BCUT2D eigenvalue weighted by molar-refractivity contribution is 8.14. The van der Waals surface area contributed by atoms with Gasteiger partial charge in [-0.2, -0.15) is 13.2 Å². The monoisotopic (exact) mass is 384 g/mol. The molecule has 0 spiro atoms. The Kier molecular flexibility index (Phi) is 5.57. The van der Waals surface area contributed by atoms with E-state index in [2.05, 4.69) is 21.8 Å². The number of thioether (sulfide) groups is 1. The molecule has 0 aliphatic carbocycles. The van der Waals surface area contributed by atoms with Crippen LogP contribution in [-0.2, 0) is 6.18 Å². The van der Waals surface area contributed by atoms with Crippen LogP contribution < -0.4 is 0 Å². The maximum absolute atomic E-state index is 12.6. The van der Waals surface area contributed by atoms with E-state index in [1.165, 1.54) is 12.4 Å². The van der Waals surface area contributed by atoms with Gasteiger partial charge in [0.1, 0.15) is 5.03 Å². The standard InChI is InChI=1S/C20H11F3N2OS/c21-20(22,23)17-8-9-18(25-13-17)27-19(26)16-10-15(11-24-12-16)7-6-14-4-2-1-3-5-14/h1-5,8-13H. The third kappa shape index (κ3) is 5.19. The second-order valence-corrected chi connectivity index (χ2v) is 6.34. The number of rotatable bonds is 2. The second-order valence-electron chi connectivity index (χ2n) is 5.35. The van der Waals surface area contributed by atoms with Crippen LogP contribution >= 0.6 is 11.8 Å². The van der Waals surface area contributed by atoms with Crippen molar-refractivity contribution in [3.63, 3.8) is 0 Å². The molecule has 3 aromatic rings. The van der Waals surface area contributed by atoms with Crippen molar-refractivity contribution >= 4 is 16.9 Å². The fourth-order valence-electron chi connectivity index (χ4n) is 2.05. The highest BCUT2D eigenvalue weighted by atomic mass is 32.2. The first-order valence-corrected chi connectivity index (χ1v) is 8.51. The number of halogens is 3. The number of hydrogen-bond donors (Lipinski definition) is 0. The van der Waals surface area contributed by atoms with Crippen LogP contribution in [0.2, 0.25) is 0 Å². The summed E-state index contributed by atoms with van der Waals surface area (Å²) in [7, 11) is 0. The Morgan fingerprint density at radius 2 is 1.67 bits per heavy atom. The molecule has 2 aromatic heterocycles. The molecule has 0 saturated heterocycles. The molecule has 2 heterocycles. The van der Waals surface area contributed by atoms with E-state index in [4.69, 9.17) is 0 Å². The van der Waals surface area contributed by atoms with E-state index in [9.17, 15) is 18.0 Å². The van der Waals surface area contributed by atoms with E-state index < -0.39 is 11.7 Å². The van der Waals surface area contributed by atoms with Gasteiger partial charge < -0.3 is 0 Å². The Morgan fingerprint density at radius 3 is 2.33 bits per heavy atom. The molecule has 3 nitrogen and oxygen atoms in total. The highest BCUT2D eigenvalue weighted by Crippen LogP contribution is 2.30. The minimum Gasteiger partial charge on any atom is -0.281 e. The summed E-state index contributed by atoms with van der Waals surface area (Å²) in [6, 6.07) is 13.0. The van der Waals surface area contributed by atoms with Crippen LogP contribution in [0.25, 0.3) is 0 Å². The number of hydrogen-bond acceptors (Lipinski definition) is 4. The minimum atomic E-state index is -4.46. The second kappa shape index (κ2) is 8.06. The van der Waals surface area contributed by atoms with Gasteiger partial charge in [-0.15, -0.1) is 0 Å². The van der Waals surface area contributed by atoms with Crippen molar-refractivity contribution < 1.29 is 18.0 Å². The zero-order chi connectivity index (χ0) is 19.3. The van der Waals surface area contributed by atoms with Gasteiger partial charge >= 0.3 is 6.18 Å². The number of carbonyl (C=O) groups excluding carboxylic acids is 1. The van der Waals surface area contributed by atoms with Gasteiger partial charge in [0.2, 0.25) is 5.12 Å². The number of carbonyl (C=O) groups is 1. The molecule has 0 aliphatic heterocycles. The predicted octanol–water partition coefficient (Wildman–Crippen LogP) is 4.83. The van der Waals surface area contributed by atoms with E-state index in [1.807, 2.05) is 30.3 Å². The number of aromatic nitrogens is 2. The first-order chi connectivity index (χ1) is 12.9. The molecule has 134 valence electrons. The van der Waals surface area contributed by atoms with Gasteiger partial charge in [0.15, 0.2) is 0 Å². The molecule has 7 heteroatoms. The van der Waals surface area contributed by atoms with Gasteiger partial charge in [0, 0.05) is 35.3 Å². The minimum absolute atomic E-state index is 0.175. The molecule has 0 radical (unpaired) electrons. The normalized spacial score (nSPS) is 10.8. The molecule has 0 N–H and O–H groups in total. The average Bonchev–Trinajstić information content (AvgIpc) is 2.67. The maximum atomic E-state index is 12.6. The van der Waals surface area contributed by atoms with Crippen molar-refractivity contribution in [2.24, 2.45) is 0 Å². The highest BCUT2D eigenvalue weighted by Gasteiger charge is 2.30. The van der Waals surface area contributed by atoms with Crippen LogP contribution in [0.1, 0.15) is 27.0 Å². The number of benzene rings is 1. The Bertz CT molecular complexity index is 1010. The lowest BCUT2D eigenvalue weighted by Crippen LogP contribution is -2.05. The third-order valence-corrected chi connectivity index (χ3v) is 4.23. The molecule has 0 aliphatic rings. The van der Waals surface area contributed by atoms with Crippen LogP contribution in [0, 0.1) is 11.8 Å². The lowest BCUT2D eigenvalue weighted by Gasteiger charge is -2.06. The van der Waals surface area contributed by atoms with E-state index >= 15 is 0 Å². The number of nitrogens with zero attached hydrogens (tertiary/aromatic N) is 2. The first-order valence-electron chi connectivity index (χ1n) is 7.69. The summed E-state index contributed by atoms with van der Waals surface area (Å²) < 4.78 is 37.7. The fraction of sp³-hybridized carbons (Fsp3) is 0.0500. The molecule has 0 saturated carbocycles. The van der Waals surface area contributed by atoms with Crippen LogP contribution in [0.15, 0.2) is 72.1 Å². The van der Waals surface area contributed by atoms with Gasteiger partial charge in [0.05, 0.1) is 5.56 Å². The zero-order valence-corrected chi connectivity index (χ0v) is 14.5. The molecule has 0 amide bonds. The Morgan fingerprint density at radius 1 is 0.926 bits per heavy atom. The Hall–Kier alpha value is -3.11. The van der Waals surface area contributed by atoms with Crippen LogP contribution in [0.3, 0.4) is 0 Å². The van der Waals surface area contributed by atoms with Crippen molar-refractivity contribution in [3.05, 3.63) is 89.4 Å². The average molecular weight is 384 g/mol. The molecule has 0 fully saturated rings. The molecule has 1 aromatic carbocycles. The summed E-state index contributed by atoms with van der Waals surface area (Å²) in [4.78, 5) is 20.0. The third-order valence-electron chi connectivity index (χ3n) is 3.36. The Balaban J connectivity index is 1.73. The summed E-state index contributed by atoms with van der Waals surface area (Å²) in [5.41, 5.74) is 0.823. The largest absolute Gasteiger partial charge is 0.417 e. The van der Waals surface area contributed by atoms with Crippen LogP contribution in [-0.4, -0.2) is 15.1 Å². The quantitative estimate of drug-likeness (QED) is 0.469. The van der Waals surface area contributed by atoms with E-state index in [-0.39, 0.29) is 10.1 Å². The molecular weight excluding hydrogens is 373 g/mol. The molecule has 3 rings (SSSR count). The Labute approximate surface area is 157 Å². The maximum Gasteiger partial charge on any atom is 0.417 e. The van der Waals surface area contributed by atoms with Crippen molar-refractivity contribution in [1.29, 1.82) is 0 Å². The van der Waals surface area contributed by atoms with Gasteiger partial charge in [-0.1, -0.05) is 30.0 Å². The molecular formula is C20H11F3N2OS. The van der Waals surface area contributed by atoms with Gasteiger partial charge in [-0.3, -0.25) is 9.78 Å². The summed E-state index contributed by atoms with van der Waals surface area (Å²) >= 11 is 0.734. The first kappa shape index (κ1) is 18.7. The molecule has 0 unspecified atom stereocenters. The molecule has 0 atom stereocenters. The predicted molar refractivity (Wildman–Crippen MR) is 96.1 cm³/mol. The lowest BCUT2D eigenvalue weighted by atomic mass is 10.2. The lowest BCUT2D eigenvalue weighted by molar-refractivity contribution is -0.137. The van der Waals surface area contributed by atoms with Crippen molar-refractivity contribution in [1.82, 2.24) is 9.97 Å². The van der Waals surface area contributed by atoms with E-state index in [0.717, 1.165) is 29.5 Å². The van der Waals surface area contributed by atoms with E-state index in [1.54, 1.807) is 6.07 Å². The van der Waals surface area contributed by atoms with Gasteiger partial charge in [-0.05, 0) is 42.1 Å². The van der Waals surface area contributed by atoms with Crippen LogP contribution in [0.4, 0.5) is 13.2 Å². The molecule has 0 bridgehead atoms. The van der Waals surface area contributed by atoms with Crippen molar-refractivity contribution in [2.45, 2.75) is 11.2 Å². The molecule has 27 heavy (non-hydrogen) atoms. The zero-order valence-electron chi connectivity index (χ0n) is 13.7.